The first-order valence-electron chi connectivity index (χ1n) is 10.7. The van der Waals surface area contributed by atoms with E-state index >= 15 is 0 Å². The summed E-state index contributed by atoms with van der Waals surface area (Å²) < 4.78 is 0. The second-order valence-electron chi connectivity index (χ2n) is 8.23. The maximum absolute atomic E-state index is 12.4. The molecule has 148 valence electrons. The molecule has 0 atom stereocenters. The number of carbonyl (C=O) groups is 1. The summed E-state index contributed by atoms with van der Waals surface area (Å²) in [6, 6.07) is 18.9. The van der Waals surface area contributed by atoms with Gasteiger partial charge in [-0.2, -0.15) is 0 Å². The molecule has 0 unspecified atom stereocenters. The van der Waals surface area contributed by atoms with E-state index in [9.17, 15) is 4.79 Å². The monoisotopic (exact) mass is 377 g/mol. The molecule has 0 radical (unpaired) electrons. The van der Waals surface area contributed by atoms with Crippen LogP contribution in [0.4, 0.5) is 10.5 Å². The smallest absolute Gasteiger partial charge is 0.321 e. The van der Waals surface area contributed by atoms with Crippen LogP contribution >= 0.6 is 0 Å². The summed E-state index contributed by atoms with van der Waals surface area (Å²) in [5, 5.41) is 2.99. The summed E-state index contributed by atoms with van der Waals surface area (Å²) in [7, 11) is 0. The number of carbonyl (C=O) groups excluding carboxylic acids is 1. The number of hydrogen-bond donors (Lipinski definition) is 1. The van der Waals surface area contributed by atoms with Crippen molar-refractivity contribution in [2.24, 2.45) is 5.92 Å². The van der Waals surface area contributed by atoms with Gasteiger partial charge in [0.1, 0.15) is 0 Å². The van der Waals surface area contributed by atoms with Gasteiger partial charge in [-0.1, -0.05) is 42.5 Å². The lowest BCUT2D eigenvalue weighted by molar-refractivity contribution is 0.182. The van der Waals surface area contributed by atoms with Crippen LogP contribution in [0.15, 0.2) is 54.6 Å². The fourth-order valence-corrected chi connectivity index (χ4v) is 4.38. The molecule has 0 bridgehead atoms. The van der Waals surface area contributed by atoms with Crippen LogP contribution in [0.2, 0.25) is 0 Å². The molecule has 2 saturated heterocycles. The number of urea groups is 1. The molecule has 2 aliphatic rings. The summed E-state index contributed by atoms with van der Waals surface area (Å²) in [5.41, 5.74) is 3.72. The maximum Gasteiger partial charge on any atom is 0.321 e. The average molecular weight is 378 g/mol. The first-order valence-corrected chi connectivity index (χ1v) is 10.7. The molecule has 0 spiro atoms. The van der Waals surface area contributed by atoms with Crippen molar-refractivity contribution >= 4 is 11.7 Å². The molecule has 0 aliphatic carbocycles. The molecule has 28 heavy (non-hydrogen) atoms. The molecule has 2 fully saturated rings. The number of likely N-dealkylation sites (tertiary alicyclic amines) is 2. The molecule has 2 aromatic rings. The quantitative estimate of drug-likeness (QED) is 0.815. The summed E-state index contributed by atoms with van der Waals surface area (Å²) in [6.07, 6.45) is 5.98. The first kappa shape index (κ1) is 19.0. The van der Waals surface area contributed by atoms with Gasteiger partial charge in [-0.3, -0.25) is 4.90 Å². The van der Waals surface area contributed by atoms with E-state index in [0.29, 0.717) is 5.92 Å². The Bertz CT molecular complexity index is 745. The van der Waals surface area contributed by atoms with Crippen LogP contribution in [0.1, 0.15) is 36.8 Å². The van der Waals surface area contributed by atoms with E-state index in [1.807, 2.05) is 35.2 Å². The minimum Gasteiger partial charge on any atom is -0.325 e. The van der Waals surface area contributed by atoms with Gasteiger partial charge in [0, 0.05) is 25.3 Å². The van der Waals surface area contributed by atoms with Crippen LogP contribution in [-0.4, -0.2) is 42.0 Å². The molecule has 1 N–H and O–H groups in total. The van der Waals surface area contributed by atoms with Gasteiger partial charge < -0.3 is 10.2 Å². The van der Waals surface area contributed by atoms with Gasteiger partial charge in [-0.05, 0) is 74.4 Å². The molecule has 2 aliphatic heterocycles. The van der Waals surface area contributed by atoms with Crippen LogP contribution in [-0.2, 0) is 13.0 Å². The Kier molecular flexibility index (Phi) is 6.27. The number of nitrogens with one attached hydrogen (secondary N) is 1. The highest BCUT2D eigenvalue weighted by molar-refractivity contribution is 5.89. The van der Waals surface area contributed by atoms with E-state index in [2.05, 4.69) is 34.5 Å². The Labute approximate surface area is 168 Å². The zero-order valence-electron chi connectivity index (χ0n) is 16.6. The number of nitrogens with zero attached hydrogens (tertiary/aromatic N) is 2. The van der Waals surface area contributed by atoms with Gasteiger partial charge in [0.2, 0.25) is 0 Å². The largest absolute Gasteiger partial charge is 0.325 e. The fraction of sp³-hybridized carbons (Fsp3) is 0.458. The Balaban J connectivity index is 1.22. The number of anilines is 1. The van der Waals surface area contributed by atoms with Crippen LogP contribution < -0.4 is 5.32 Å². The summed E-state index contributed by atoms with van der Waals surface area (Å²) >= 11 is 0. The maximum atomic E-state index is 12.4. The highest BCUT2D eigenvalue weighted by Crippen LogP contribution is 2.23. The second kappa shape index (κ2) is 9.24. The number of amides is 2. The number of rotatable bonds is 5. The van der Waals surface area contributed by atoms with Crippen molar-refractivity contribution in [2.75, 3.05) is 31.5 Å². The molecule has 4 rings (SSSR count). The number of hydrogen-bond acceptors (Lipinski definition) is 2. The number of benzene rings is 2. The van der Waals surface area contributed by atoms with Crippen LogP contribution in [0.25, 0.3) is 0 Å². The van der Waals surface area contributed by atoms with E-state index in [1.54, 1.807) is 0 Å². The van der Waals surface area contributed by atoms with E-state index in [0.717, 1.165) is 44.6 Å². The zero-order valence-corrected chi connectivity index (χ0v) is 16.6. The molecule has 4 heteroatoms. The minimum atomic E-state index is 0.0240. The zero-order chi connectivity index (χ0) is 19.2. The van der Waals surface area contributed by atoms with Gasteiger partial charge in [-0.25, -0.2) is 4.79 Å². The number of piperidine rings is 1. The molecule has 4 nitrogen and oxygen atoms in total. The highest BCUT2D eigenvalue weighted by atomic mass is 16.2. The first-order chi connectivity index (χ1) is 13.8. The van der Waals surface area contributed by atoms with Crippen LogP contribution in [0.5, 0.6) is 0 Å². The predicted octanol–water partition coefficient (Wildman–Crippen LogP) is 4.77. The van der Waals surface area contributed by atoms with E-state index in [4.69, 9.17) is 0 Å². The van der Waals surface area contributed by atoms with Crippen LogP contribution in [0, 0.1) is 5.92 Å². The Morgan fingerprint density at radius 1 is 0.857 bits per heavy atom. The van der Waals surface area contributed by atoms with E-state index < -0.39 is 0 Å². The second-order valence-corrected chi connectivity index (χ2v) is 8.23. The van der Waals surface area contributed by atoms with Crippen molar-refractivity contribution in [3.05, 3.63) is 65.7 Å². The number of para-hydroxylation sites is 1. The molecule has 2 heterocycles. The standard InChI is InChI=1S/C24H31N3O/c28-24(25-23-6-2-1-3-7-23)27-16-12-21(13-17-27)18-20-8-10-22(11-9-20)19-26-14-4-5-15-26/h1-3,6-11,21H,4-5,12-19H2,(H,25,28). The van der Waals surface area contributed by atoms with E-state index in [1.165, 1.54) is 37.1 Å². The minimum absolute atomic E-state index is 0.0240. The summed E-state index contributed by atoms with van der Waals surface area (Å²) in [6.45, 7) is 5.28. The topological polar surface area (TPSA) is 35.6 Å². The van der Waals surface area contributed by atoms with Crippen molar-refractivity contribution in [3.8, 4) is 0 Å². The molecule has 2 aromatic carbocycles. The third kappa shape index (κ3) is 5.14. The summed E-state index contributed by atoms with van der Waals surface area (Å²) in [5.74, 6) is 0.671. The van der Waals surface area contributed by atoms with Gasteiger partial charge in [0.25, 0.3) is 0 Å². The molecule has 0 aromatic heterocycles. The third-order valence-corrected chi connectivity index (χ3v) is 6.08. The van der Waals surface area contributed by atoms with Crippen molar-refractivity contribution in [2.45, 2.75) is 38.6 Å². The van der Waals surface area contributed by atoms with Crippen molar-refractivity contribution in [3.63, 3.8) is 0 Å². The molecule has 2 amide bonds. The Morgan fingerprint density at radius 3 is 2.18 bits per heavy atom. The van der Waals surface area contributed by atoms with Gasteiger partial charge in [0.05, 0.1) is 0 Å². The van der Waals surface area contributed by atoms with Gasteiger partial charge in [-0.15, -0.1) is 0 Å². The lowest BCUT2D eigenvalue weighted by atomic mass is 9.90. The van der Waals surface area contributed by atoms with E-state index in [-0.39, 0.29) is 6.03 Å². The fourth-order valence-electron chi connectivity index (χ4n) is 4.38. The Morgan fingerprint density at radius 2 is 1.50 bits per heavy atom. The predicted molar refractivity (Wildman–Crippen MR) is 114 cm³/mol. The van der Waals surface area contributed by atoms with Crippen molar-refractivity contribution in [1.82, 2.24) is 9.80 Å². The summed E-state index contributed by atoms with van der Waals surface area (Å²) in [4.78, 5) is 16.9. The lowest BCUT2D eigenvalue weighted by Crippen LogP contribution is -2.41. The van der Waals surface area contributed by atoms with Crippen LogP contribution in [0.3, 0.4) is 0 Å². The third-order valence-electron chi connectivity index (χ3n) is 6.08. The van der Waals surface area contributed by atoms with Gasteiger partial charge >= 0.3 is 6.03 Å². The molecule has 0 saturated carbocycles. The lowest BCUT2D eigenvalue weighted by Gasteiger charge is -2.32. The SMILES string of the molecule is O=C(Nc1ccccc1)N1CCC(Cc2ccc(CN3CCCC3)cc2)CC1. The Hall–Kier alpha value is -2.33. The normalized spacial score (nSPS) is 18.4. The van der Waals surface area contributed by atoms with Crippen molar-refractivity contribution in [1.29, 1.82) is 0 Å². The average Bonchev–Trinajstić information content (AvgIpc) is 3.24. The van der Waals surface area contributed by atoms with Gasteiger partial charge in [0.15, 0.2) is 0 Å². The molecular weight excluding hydrogens is 346 g/mol. The molecular formula is C24H31N3O. The van der Waals surface area contributed by atoms with Crippen molar-refractivity contribution < 1.29 is 4.79 Å². The highest BCUT2D eigenvalue weighted by Gasteiger charge is 2.23.